The molecule has 2 fully saturated rings. The minimum absolute atomic E-state index is 0.159. The van der Waals surface area contributed by atoms with E-state index in [2.05, 4.69) is 5.32 Å². The Hall–Kier alpha value is -2.22. The average Bonchev–Trinajstić information content (AvgIpc) is 2.91. The van der Waals surface area contributed by atoms with Crippen LogP contribution in [0.2, 0.25) is 0 Å². The Morgan fingerprint density at radius 1 is 1.30 bits per heavy atom. The third kappa shape index (κ3) is 4.21. The summed E-state index contributed by atoms with van der Waals surface area (Å²) in [5.74, 6) is -1.52. The number of fused-ring (bicyclic) bond motifs is 2. The number of nitrogens with zero attached hydrogens (tertiary/aromatic N) is 2. The number of nitrogens with one attached hydrogen (secondary N) is 1. The molecule has 2 heterocycles. The van der Waals surface area contributed by atoms with Crippen LogP contribution in [0.4, 0.5) is 19.3 Å². The third-order valence-electron chi connectivity index (χ3n) is 5.35. The number of ether oxygens (including phenoxy) is 1. The number of piperidine rings is 1. The Balaban J connectivity index is 1.53. The number of carbonyl (C=O) groups excluding carboxylic acids is 2. The fourth-order valence-corrected chi connectivity index (χ4v) is 4.21. The van der Waals surface area contributed by atoms with Gasteiger partial charge in [0.05, 0.1) is 6.61 Å². The molecule has 0 spiro atoms. The number of anilines is 1. The largest absolute Gasteiger partial charge is 0.450 e. The van der Waals surface area contributed by atoms with Gasteiger partial charge in [0.15, 0.2) is 0 Å². The van der Waals surface area contributed by atoms with E-state index < -0.39 is 11.6 Å². The van der Waals surface area contributed by atoms with E-state index in [1.807, 2.05) is 4.90 Å². The first-order valence-electron chi connectivity index (χ1n) is 9.39. The third-order valence-corrected chi connectivity index (χ3v) is 5.35. The van der Waals surface area contributed by atoms with Crippen LogP contribution >= 0.6 is 0 Å². The van der Waals surface area contributed by atoms with Gasteiger partial charge in [0.2, 0.25) is 6.41 Å². The summed E-state index contributed by atoms with van der Waals surface area (Å²) in [6.45, 7) is 2.74. The summed E-state index contributed by atoms with van der Waals surface area (Å²) in [6, 6.07) is 4.05. The molecule has 2 atom stereocenters. The van der Waals surface area contributed by atoms with E-state index in [4.69, 9.17) is 4.74 Å². The zero-order chi connectivity index (χ0) is 19.4. The quantitative estimate of drug-likeness (QED) is 0.738. The maximum Gasteiger partial charge on any atom is 0.410 e. The lowest BCUT2D eigenvalue weighted by molar-refractivity contribution is -0.107. The predicted octanol–water partition coefficient (Wildman–Crippen LogP) is 2.67. The first kappa shape index (κ1) is 19.5. The Labute approximate surface area is 157 Å². The van der Waals surface area contributed by atoms with E-state index in [9.17, 15) is 18.4 Å². The highest BCUT2D eigenvalue weighted by Crippen LogP contribution is 2.36. The molecule has 6 nitrogen and oxygen atoms in total. The van der Waals surface area contributed by atoms with Crippen molar-refractivity contribution in [2.45, 2.75) is 50.7 Å². The molecule has 0 saturated carbocycles. The predicted molar refractivity (Wildman–Crippen MR) is 96.5 cm³/mol. The molecule has 2 unspecified atom stereocenters. The summed E-state index contributed by atoms with van der Waals surface area (Å²) in [6.07, 6.45) is 3.74. The van der Waals surface area contributed by atoms with Gasteiger partial charge in [-0.1, -0.05) is 6.07 Å². The summed E-state index contributed by atoms with van der Waals surface area (Å²) in [7, 11) is 0. The van der Waals surface area contributed by atoms with Crippen molar-refractivity contribution in [1.82, 2.24) is 10.2 Å². The lowest BCUT2D eigenvalue weighted by Gasteiger charge is -2.38. The minimum atomic E-state index is -0.761. The lowest BCUT2D eigenvalue weighted by atomic mass is 9.98. The van der Waals surface area contributed by atoms with E-state index in [-0.39, 0.29) is 36.5 Å². The highest BCUT2D eigenvalue weighted by Gasteiger charge is 2.43. The van der Waals surface area contributed by atoms with Crippen LogP contribution in [-0.2, 0) is 9.53 Å². The molecule has 0 aliphatic carbocycles. The van der Waals surface area contributed by atoms with Crippen LogP contribution in [0, 0.1) is 11.6 Å². The molecule has 2 aliphatic heterocycles. The second-order valence-electron chi connectivity index (χ2n) is 6.98. The van der Waals surface area contributed by atoms with Gasteiger partial charge in [-0.15, -0.1) is 0 Å². The van der Waals surface area contributed by atoms with Gasteiger partial charge in [0.25, 0.3) is 0 Å². The first-order chi connectivity index (χ1) is 13.0. The van der Waals surface area contributed by atoms with Gasteiger partial charge < -0.3 is 19.9 Å². The van der Waals surface area contributed by atoms with E-state index in [0.717, 1.165) is 42.7 Å². The van der Waals surface area contributed by atoms with Crippen LogP contribution in [0.25, 0.3) is 0 Å². The highest BCUT2D eigenvalue weighted by atomic mass is 19.1. The van der Waals surface area contributed by atoms with Crippen molar-refractivity contribution in [3.8, 4) is 0 Å². The molecule has 2 saturated heterocycles. The maximum atomic E-state index is 13.9. The van der Waals surface area contributed by atoms with Crippen LogP contribution in [-0.4, -0.2) is 55.2 Å². The molecule has 8 heteroatoms. The molecule has 1 aromatic rings. The van der Waals surface area contributed by atoms with Gasteiger partial charge in [0, 0.05) is 31.2 Å². The molecular weight excluding hydrogens is 356 g/mol. The SMILES string of the molecule is CCOC(=O)N1C2CCC1CC(NCCN(C=O)c1c(F)cccc1F)C2. The van der Waals surface area contributed by atoms with E-state index in [0.29, 0.717) is 19.6 Å². The zero-order valence-electron chi connectivity index (χ0n) is 15.4. The zero-order valence-corrected chi connectivity index (χ0v) is 15.4. The molecule has 0 aromatic heterocycles. The number of amides is 2. The summed E-state index contributed by atoms with van der Waals surface area (Å²) in [5.41, 5.74) is -0.327. The highest BCUT2D eigenvalue weighted by molar-refractivity contribution is 5.75. The second-order valence-corrected chi connectivity index (χ2v) is 6.98. The monoisotopic (exact) mass is 381 g/mol. The standard InChI is InChI=1S/C19H25F2N3O3/c1-2-27-19(26)24-14-6-7-15(24)11-13(10-14)22-8-9-23(12-25)18-16(20)4-3-5-17(18)21/h3-5,12-15,22H,2,6-11H2,1H3. The molecule has 1 N–H and O–H groups in total. The number of halogens is 2. The van der Waals surface area contributed by atoms with Gasteiger partial charge in [-0.3, -0.25) is 4.79 Å². The number of benzene rings is 1. The van der Waals surface area contributed by atoms with Crippen LogP contribution < -0.4 is 10.2 Å². The molecule has 148 valence electrons. The molecule has 2 aliphatic rings. The molecule has 27 heavy (non-hydrogen) atoms. The Bertz CT molecular complexity index is 654. The molecule has 2 bridgehead atoms. The molecular formula is C19H25F2N3O3. The summed E-state index contributed by atoms with van der Waals surface area (Å²) in [4.78, 5) is 26.3. The Morgan fingerprint density at radius 3 is 2.48 bits per heavy atom. The molecule has 0 radical (unpaired) electrons. The lowest BCUT2D eigenvalue weighted by Crippen LogP contribution is -2.52. The molecule has 1 aromatic carbocycles. The number of para-hydroxylation sites is 1. The van der Waals surface area contributed by atoms with Crippen LogP contribution in [0.5, 0.6) is 0 Å². The van der Waals surface area contributed by atoms with E-state index in [1.54, 1.807) is 6.92 Å². The van der Waals surface area contributed by atoms with Crippen molar-refractivity contribution in [1.29, 1.82) is 0 Å². The van der Waals surface area contributed by atoms with Gasteiger partial charge >= 0.3 is 6.09 Å². The van der Waals surface area contributed by atoms with Crippen molar-refractivity contribution in [2.75, 3.05) is 24.6 Å². The van der Waals surface area contributed by atoms with Crippen LogP contribution in [0.15, 0.2) is 18.2 Å². The minimum Gasteiger partial charge on any atom is -0.450 e. The normalized spacial score (nSPS) is 24.0. The second kappa shape index (κ2) is 8.65. The first-order valence-corrected chi connectivity index (χ1v) is 9.39. The number of hydrogen-bond donors (Lipinski definition) is 1. The summed E-state index contributed by atoms with van der Waals surface area (Å²) in [5, 5.41) is 3.36. The molecule has 2 amide bonds. The van der Waals surface area contributed by atoms with Gasteiger partial charge in [-0.2, -0.15) is 0 Å². The van der Waals surface area contributed by atoms with Crippen molar-refractivity contribution < 1.29 is 23.1 Å². The fourth-order valence-electron chi connectivity index (χ4n) is 4.21. The summed E-state index contributed by atoms with van der Waals surface area (Å²) < 4.78 is 32.8. The van der Waals surface area contributed by atoms with Crippen molar-refractivity contribution in [3.63, 3.8) is 0 Å². The Kier molecular flexibility index (Phi) is 6.26. The maximum absolute atomic E-state index is 13.9. The van der Waals surface area contributed by atoms with Crippen molar-refractivity contribution in [2.24, 2.45) is 0 Å². The van der Waals surface area contributed by atoms with Crippen molar-refractivity contribution in [3.05, 3.63) is 29.8 Å². The smallest absolute Gasteiger partial charge is 0.410 e. The average molecular weight is 381 g/mol. The fraction of sp³-hybridized carbons (Fsp3) is 0.579. The van der Waals surface area contributed by atoms with Crippen LogP contribution in [0.3, 0.4) is 0 Å². The Morgan fingerprint density at radius 2 is 1.93 bits per heavy atom. The van der Waals surface area contributed by atoms with Gasteiger partial charge in [-0.25, -0.2) is 13.6 Å². The van der Waals surface area contributed by atoms with Gasteiger partial charge in [0.1, 0.15) is 17.3 Å². The number of rotatable bonds is 7. The van der Waals surface area contributed by atoms with Crippen LogP contribution in [0.1, 0.15) is 32.6 Å². The van der Waals surface area contributed by atoms with Crippen molar-refractivity contribution >= 4 is 18.2 Å². The van der Waals surface area contributed by atoms with E-state index in [1.165, 1.54) is 6.07 Å². The van der Waals surface area contributed by atoms with E-state index >= 15 is 0 Å². The number of hydrogen-bond acceptors (Lipinski definition) is 4. The molecule has 3 rings (SSSR count). The van der Waals surface area contributed by atoms with Gasteiger partial charge in [-0.05, 0) is 44.7 Å². The number of carbonyl (C=O) groups is 2. The summed E-state index contributed by atoms with van der Waals surface area (Å²) >= 11 is 0. The topological polar surface area (TPSA) is 61.9 Å².